The second-order valence-electron chi connectivity index (χ2n) is 5.88. The van der Waals surface area contributed by atoms with Crippen LogP contribution in [0.4, 0.5) is 10.2 Å². The highest BCUT2D eigenvalue weighted by molar-refractivity contribution is 5.89. The quantitative estimate of drug-likeness (QED) is 0.941. The first kappa shape index (κ1) is 12.9. The molecule has 112 valence electrons. The molecule has 5 rings (SSSR count). The van der Waals surface area contributed by atoms with E-state index in [9.17, 15) is 4.39 Å². The normalized spacial score (nSPS) is 28.0. The van der Waals surface area contributed by atoms with Crippen molar-refractivity contribution in [1.29, 1.82) is 0 Å². The molecule has 3 aliphatic rings. The first-order valence-corrected chi connectivity index (χ1v) is 7.37. The molecule has 0 saturated carbocycles. The minimum Gasteiger partial charge on any atom is -0.494 e. The first-order chi connectivity index (χ1) is 10.3. The van der Waals surface area contributed by atoms with Crippen LogP contribution in [0, 0.1) is 11.7 Å². The van der Waals surface area contributed by atoms with Crippen molar-refractivity contribution in [3.63, 3.8) is 0 Å². The summed E-state index contributed by atoms with van der Waals surface area (Å²) in [4.78, 5) is 2.46. The average Bonchev–Trinajstić information content (AvgIpc) is 2.93. The van der Waals surface area contributed by atoms with Gasteiger partial charge in [0.1, 0.15) is 0 Å². The number of ether oxygens (including phenoxy) is 1. The molecular formula is C15H18FN3O2. The Hall–Kier alpha value is -1.82. The van der Waals surface area contributed by atoms with Crippen LogP contribution in [0.3, 0.4) is 0 Å². The van der Waals surface area contributed by atoms with Crippen molar-refractivity contribution >= 4 is 16.8 Å². The molecule has 1 N–H and O–H groups in total. The topological polar surface area (TPSA) is 50.5 Å². The van der Waals surface area contributed by atoms with Gasteiger partial charge >= 0.3 is 0 Å². The third-order valence-corrected chi connectivity index (χ3v) is 4.74. The zero-order valence-electron chi connectivity index (χ0n) is 11.9. The SMILES string of the molecule is COc1ccc2c(N[C@@H]3CN4CCC3CC4)noc2c1F. The molecule has 21 heavy (non-hydrogen) atoms. The van der Waals surface area contributed by atoms with Gasteiger partial charge in [0.05, 0.1) is 12.5 Å². The third-order valence-electron chi connectivity index (χ3n) is 4.74. The summed E-state index contributed by atoms with van der Waals surface area (Å²) in [6.45, 7) is 3.40. The fourth-order valence-electron chi connectivity index (χ4n) is 3.52. The van der Waals surface area contributed by atoms with Crippen molar-refractivity contribution in [2.75, 3.05) is 32.1 Å². The number of methoxy groups -OCH3 is 1. The molecule has 0 radical (unpaired) electrons. The molecule has 0 spiro atoms. The van der Waals surface area contributed by atoms with Crippen molar-refractivity contribution in [2.45, 2.75) is 18.9 Å². The Balaban J connectivity index is 1.64. The molecule has 0 unspecified atom stereocenters. The second-order valence-corrected chi connectivity index (χ2v) is 5.88. The van der Waals surface area contributed by atoms with Gasteiger partial charge in [-0.1, -0.05) is 5.16 Å². The lowest BCUT2D eigenvalue weighted by Gasteiger charge is -2.44. The number of piperidine rings is 3. The minimum absolute atomic E-state index is 0.151. The maximum Gasteiger partial charge on any atom is 0.211 e. The Bertz CT molecular complexity index is 664. The predicted octanol–water partition coefficient (Wildman–Crippen LogP) is 2.48. The Kier molecular flexibility index (Phi) is 2.99. The number of fused-ring (bicyclic) bond motifs is 4. The average molecular weight is 291 g/mol. The monoisotopic (exact) mass is 291 g/mol. The van der Waals surface area contributed by atoms with Gasteiger partial charge in [-0.05, 0) is 44.0 Å². The lowest BCUT2D eigenvalue weighted by molar-refractivity contribution is 0.0973. The Morgan fingerprint density at radius 2 is 2.19 bits per heavy atom. The summed E-state index contributed by atoms with van der Waals surface area (Å²) in [6, 6.07) is 3.76. The zero-order valence-corrected chi connectivity index (χ0v) is 11.9. The van der Waals surface area contributed by atoms with Crippen LogP contribution in [0.2, 0.25) is 0 Å². The third kappa shape index (κ3) is 2.05. The van der Waals surface area contributed by atoms with Crippen LogP contribution < -0.4 is 10.1 Å². The van der Waals surface area contributed by atoms with E-state index in [0.29, 0.717) is 23.2 Å². The van der Waals surface area contributed by atoms with Crippen molar-refractivity contribution < 1.29 is 13.7 Å². The van der Waals surface area contributed by atoms with Gasteiger partial charge < -0.3 is 19.5 Å². The van der Waals surface area contributed by atoms with Gasteiger partial charge in [-0.25, -0.2) is 0 Å². The molecule has 6 heteroatoms. The standard InChI is InChI=1S/C15H18FN3O2/c1-20-12-3-2-10-14(13(12)16)21-18-15(10)17-11-8-19-6-4-9(11)5-7-19/h2-3,9,11H,4-8H2,1H3,(H,17,18)/t11-/m1/s1. The summed E-state index contributed by atoms with van der Waals surface area (Å²) in [7, 11) is 1.44. The van der Waals surface area contributed by atoms with Crippen LogP contribution in [0.5, 0.6) is 5.75 Å². The van der Waals surface area contributed by atoms with E-state index >= 15 is 0 Å². The van der Waals surface area contributed by atoms with Crippen LogP contribution in [0.25, 0.3) is 11.0 Å². The number of anilines is 1. The van der Waals surface area contributed by atoms with E-state index in [1.54, 1.807) is 12.1 Å². The fourth-order valence-corrected chi connectivity index (χ4v) is 3.52. The summed E-state index contributed by atoms with van der Waals surface area (Å²) in [5.41, 5.74) is 0.151. The predicted molar refractivity (Wildman–Crippen MR) is 77.1 cm³/mol. The summed E-state index contributed by atoms with van der Waals surface area (Å²) >= 11 is 0. The zero-order chi connectivity index (χ0) is 14.4. The first-order valence-electron chi connectivity index (χ1n) is 7.37. The molecule has 0 amide bonds. The number of rotatable bonds is 3. The van der Waals surface area contributed by atoms with Crippen LogP contribution in [0.1, 0.15) is 12.8 Å². The van der Waals surface area contributed by atoms with Crippen LogP contribution in [0.15, 0.2) is 16.7 Å². The maximum atomic E-state index is 14.1. The van der Waals surface area contributed by atoms with E-state index < -0.39 is 5.82 Å². The molecule has 2 aromatic rings. The highest BCUT2D eigenvalue weighted by atomic mass is 19.1. The summed E-state index contributed by atoms with van der Waals surface area (Å²) in [5, 5.41) is 8.13. The van der Waals surface area contributed by atoms with Gasteiger partial charge in [-0.2, -0.15) is 4.39 Å². The molecular weight excluding hydrogens is 273 g/mol. The summed E-state index contributed by atoms with van der Waals surface area (Å²) in [6.07, 6.45) is 2.44. The molecule has 1 aromatic heterocycles. The molecule has 3 fully saturated rings. The minimum atomic E-state index is -0.496. The Morgan fingerprint density at radius 1 is 1.38 bits per heavy atom. The molecule has 0 aliphatic carbocycles. The summed E-state index contributed by atoms with van der Waals surface area (Å²) < 4.78 is 24.2. The van der Waals surface area contributed by atoms with Gasteiger partial charge in [-0.3, -0.25) is 0 Å². The maximum absolute atomic E-state index is 14.1. The molecule has 3 saturated heterocycles. The van der Waals surface area contributed by atoms with E-state index in [-0.39, 0.29) is 11.3 Å². The fraction of sp³-hybridized carbons (Fsp3) is 0.533. The van der Waals surface area contributed by atoms with E-state index in [1.807, 2.05) is 0 Å². The second kappa shape index (κ2) is 4.87. The number of aromatic nitrogens is 1. The van der Waals surface area contributed by atoms with Crippen molar-refractivity contribution in [2.24, 2.45) is 5.92 Å². The van der Waals surface area contributed by atoms with Gasteiger partial charge in [0, 0.05) is 12.6 Å². The number of benzene rings is 1. The van der Waals surface area contributed by atoms with E-state index in [1.165, 1.54) is 33.0 Å². The van der Waals surface area contributed by atoms with Crippen LogP contribution in [-0.2, 0) is 0 Å². The van der Waals surface area contributed by atoms with Crippen molar-refractivity contribution in [3.05, 3.63) is 17.9 Å². The van der Waals surface area contributed by atoms with Gasteiger partial charge in [0.2, 0.25) is 11.4 Å². The van der Waals surface area contributed by atoms with E-state index in [2.05, 4.69) is 15.4 Å². The number of hydrogen-bond donors (Lipinski definition) is 1. The number of halogens is 1. The van der Waals surface area contributed by atoms with E-state index in [0.717, 1.165) is 6.54 Å². The Morgan fingerprint density at radius 3 is 2.86 bits per heavy atom. The number of nitrogens with zero attached hydrogens (tertiary/aromatic N) is 2. The Labute approximate surface area is 122 Å². The van der Waals surface area contributed by atoms with Crippen LogP contribution >= 0.6 is 0 Å². The van der Waals surface area contributed by atoms with E-state index in [4.69, 9.17) is 9.26 Å². The smallest absolute Gasteiger partial charge is 0.211 e. The molecule has 3 aliphatic heterocycles. The number of nitrogens with one attached hydrogen (secondary N) is 1. The van der Waals surface area contributed by atoms with Crippen LogP contribution in [-0.4, -0.2) is 42.8 Å². The number of hydrogen-bond acceptors (Lipinski definition) is 5. The molecule has 4 heterocycles. The van der Waals surface area contributed by atoms with Gasteiger partial charge in [0.25, 0.3) is 0 Å². The lowest BCUT2D eigenvalue weighted by Crippen LogP contribution is -2.53. The highest BCUT2D eigenvalue weighted by Crippen LogP contribution is 2.34. The van der Waals surface area contributed by atoms with Gasteiger partial charge in [-0.15, -0.1) is 0 Å². The molecule has 1 aromatic carbocycles. The molecule has 1 atom stereocenters. The highest BCUT2D eigenvalue weighted by Gasteiger charge is 2.34. The molecule has 2 bridgehead atoms. The van der Waals surface area contributed by atoms with Gasteiger partial charge in [0.15, 0.2) is 11.6 Å². The molecule has 5 nitrogen and oxygen atoms in total. The summed E-state index contributed by atoms with van der Waals surface area (Å²) in [5.74, 6) is 0.979. The largest absolute Gasteiger partial charge is 0.494 e. The van der Waals surface area contributed by atoms with Crippen molar-refractivity contribution in [1.82, 2.24) is 10.1 Å². The van der Waals surface area contributed by atoms with Crippen molar-refractivity contribution in [3.8, 4) is 5.75 Å². The lowest BCUT2D eigenvalue weighted by atomic mass is 9.84.